The Labute approximate surface area is 159 Å². The van der Waals surface area contributed by atoms with Crippen molar-refractivity contribution in [2.45, 2.75) is 44.1 Å². The van der Waals surface area contributed by atoms with Gasteiger partial charge in [-0.25, -0.2) is 5.48 Å². The third-order valence-electron chi connectivity index (χ3n) is 3.92. The van der Waals surface area contributed by atoms with E-state index >= 15 is 0 Å². The highest BCUT2D eigenvalue weighted by Crippen LogP contribution is 2.23. The molecule has 0 saturated heterocycles. The second-order valence-corrected chi connectivity index (χ2v) is 6.09. The highest BCUT2D eigenvalue weighted by atomic mass is 19.4. The smallest absolute Gasteiger partial charge is 0.357 e. The molecule has 1 aromatic rings. The minimum Gasteiger partial charge on any atom is -0.357 e. The van der Waals surface area contributed by atoms with Crippen LogP contribution in [0.2, 0.25) is 0 Å². The summed E-state index contributed by atoms with van der Waals surface area (Å²) in [6.45, 7) is 1.10. The van der Waals surface area contributed by atoms with E-state index in [2.05, 4.69) is 10.6 Å². The van der Waals surface area contributed by atoms with E-state index in [0.29, 0.717) is 0 Å². The molecule has 3 amide bonds. The van der Waals surface area contributed by atoms with Crippen molar-refractivity contribution >= 4 is 17.7 Å². The van der Waals surface area contributed by atoms with Gasteiger partial charge in [-0.15, -0.1) is 0 Å². The third-order valence-corrected chi connectivity index (χ3v) is 3.92. The van der Waals surface area contributed by atoms with Crippen molar-refractivity contribution in [2.24, 2.45) is 0 Å². The summed E-state index contributed by atoms with van der Waals surface area (Å²) in [5.41, 5.74) is 1.95. The van der Waals surface area contributed by atoms with Gasteiger partial charge in [-0.1, -0.05) is 30.3 Å². The Bertz CT molecular complexity index is 670. The minimum atomic E-state index is -4.83. The Hall–Kier alpha value is -2.66. The molecule has 8 nitrogen and oxygen atoms in total. The monoisotopic (exact) mass is 404 g/mol. The fourth-order valence-electron chi connectivity index (χ4n) is 2.42. The molecule has 0 spiro atoms. The zero-order valence-corrected chi connectivity index (χ0v) is 15.3. The molecule has 0 saturated carbocycles. The lowest BCUT2D eigenvalue weighted by Gasteiger charge is -2.25. The van der Waals surface area contributed by atoms with Crippen LogP contribution in [0.1, 0.15) is 18.9 Å². The summed E-state index contributed by atoms with van der Waals surface area (Å²) < 4.78 is 39.6. The first-order chi connectivity index (χ1) is 13.1. The number of amides is 3. The maximum absolute atomic E-state index is 13.2. The van der Waals surface area contributed by atoms with Crippen LogP contribution in [-0.4, -0.2) is 54.3 Å². The summed E-state index contributed by atoms with van der Waals surface area (Å²) in [5.74, 6) is -2.65. The number of hydroxylamine groups is 1. The van der Waals surface area contributed by atoms with Crippen LogP contribution in [0, 0.1) is 0 Å². The molecule has 0 aromatic heterocycles. The van der Waals surface area contributed by atoms with Crippen molar-refractivity contribution in [3.63, 3.8) is 0 Å². The quantitative estimate of drug-likeness (QED) is 0.299. The fraction of sp³-hybridized carbons (Fsp3) is 0.471. The van der Waals surface area contributed by atoms with Gasteiger partial charge in [-0.3, -0.25) is 24.9 Å². The van der Waals surface area contributed by atoms with E-state index in [1.165, 1.54) is 12.5 Å². The molecule has 5 N–H and O–H groups in total. The van der Waals surface area contributed by atoms with Crippen LogP contribution in [0.4, 0.5) is 13.2 Å². The maximum atomic E-state index is 13.2. The predicted molar refractivity (Wildman–Crippen MR) is 93.1 cm³/mol. The maximum Gasteiger partial charge on any atom is 0.404 e. The molecule has 0 radical (unpaired) electrons. The summed E-state index contributed by atoms with van der Waals surface area (Å²) >= 11 is 0. The SMILES string of the molecule is CNC(=O)[C@H](Cc1ccccc1)NC(=O)C[C@@H](N[C@@H](C)C(=O)NO)C(F)(F)F. The third kappa shape index (κ3) is 7.53. The lowest BCUT2D eigenvalue weighted by Crippen LogP contribution is -2.54. The van der Waals surface area contributed by atoms with Gasteiger partial charge in [0.05, 0.1) is 12.5 Å². The van der Waals surface area contributed by atoms with Gasteiger partial charge in [0.2, 0.25) is 11.8 Å². The first-order valence-corrected chi connectivity index (χ1v) is 8.40. The first kappa shape index (κ1) is 23.4. The highest BCUT2D eigenvalue weighted by molar-refractivity contribution is 5.88. The number of benzene rings is 1. The number of carbonyl (C=O) groups is 3. The number of hydrogen-bond donors (Lipinski definition) is 5. The van der Waals surface area contributed by atoms with E-state index in [4.69, 9.17) is 5.21 Å². The molecule has 0 heterocycles. The average molecular weight is 404 g/mol. The van der Waals surface area contributed by atoms with Crippen molar-refractivity contribution < 1.29 is 32.8 Å². The van der Waals surface area contributed by atoms with Crippen molar-refractivity contribution in [3.8, 4) is 0 Å². The van der Waals surface area contributed by atoms with E-state index in [0.717, 1.165) is 12.5 Å². The second kappa shape index (κ2) is 10.6. The Morgan fingerprint density at radius 3 is 2.21 bits per heavy atom. The number of nitrogens with one attached hydrogen (secondary N) is 4. The number of halogens is 3. The summed E-state index contributed by atoms with van der Waals surface area (Å²) in [5, 5.41) is 15.1. The molecule has 156 valence electrons. The Kier molecular flexibility index (Phi) is 8.86. The van der Waals surface area contributed by atoms with Crippen LogP contribution in [0.25, 0.3) is 0 Å². The van der Waals surface area contributed by atoms with Crippen molar-refractivity contribution in [2.75, 3.05) is 7.05 Å². The van der Waals surface area contributed by atoms with E-state index in [9.17, 15) is 27.6 Å². The van der Waals surface area contributed by atoms with E-state index in [1.54, 1.807) is 30.3 Å². The van der Waals surface area contributed by atoms with Crippen LogP contribution in [0.5, 0.6) is 0 Å². The average Bonchev–Trinajstić information content (AvgIpc) is 2.65. The summed E-state index contributed by atoms with van der Waals surface area (Å²) in [6.07, 6.45) is -5.78. The van der Waals surface area contributed by atoms with E-state index in [-0.39, 0.29) is 6.42 Å². The Morgan fingerprint density at radius 1 is 1.11 bits per heavy atom. The molecule has 0 fully saturated rings. The predicted octanol–water partition coefficient (Wildman–Crippen LogP) is 0.264. The molecule has 0 unspecified atom stereocenters. The van der Waals surface area contributed by atoms with Gasteiger partial charge in [-0.2, -0.15) is 13.2 Å². The van der Waals surface area contributed by atoms with Crippen molar-refractivity contribution in [1.82, 2.24) is 21.4 Å². The summed E-state index contributed by atoms with van der Waals surface area (Å²) in [7, 11) is 1.35. The van der Waals surface area contributed by atoms with Crippen LogP contribution in [0.3, 0.4) is 0 Å². The van der Waals surface area contributed by atoms with Gasteiger partial charge in [0.1, 0.15) is 12.1 Å². The van der Waals surface area contributed by atoms with Crippen LogP contribution in [-0.2, 0) is 20.8 Å². The molecule has 11 heteroatoms. The second-order valence-electron chi connectivity index (χ2n) is 6.09. The van der Waals surface area contributed by atoms with Gasteiger partial charge >= 0.3 is 6.18 Å². The minimum absolute atomic E-state index is 0.0969. The Morgan fingerprint density at radius 2 is 1.71 bits per heavy atom. The standard InChI is InChI=1S/C17H23F3N4O4/c1-10(15(26)24-28)22-13(17(18,19)20)9-14(25)23-12(16(27)21-2)8-11-6-4-3-5-7-11/h3-7,10,12-13,22,28H,8-9H2,1-2H3,(H,21,27)(H,23,25)(H,24,26)/t10-,12-,13+/m0/s1. The first-order valence-electron chi connectivity index (χ1n) is 8.40. The van der Waals surface area contributed by atoms with Gasteiger partial charge in [0, 0.05) is 13.5 Å². The summed E-state index contributed by atoms with van der Waals surface area (Å²) in [6, 6.07) is 3.86. The van der Waals surface area contributed by atoms with Gasteiger partial charge in [0.25, 0.3) is 5.91 Å². The van der Waals surface area contributed by atoms with E-state index < -0.39 is 48.4 Å². The van der Waals surface area contributed by atoms with Crippen LogP contribution >= 0.6 is 0 Å². The molecular formula is C17H23F3N4O4. The van der Waals surface area contributed by atoms with Crippen molar-refractivity contribution in [1.29, 1.82) is 0 Å². The topological polar surface area (TPSA) is 120 Å². The summed E-state index contributed by atoms with van der Waals surface area (Å²) in [4.78, 5) is 35.4. The molecule has 1 aromatic carbocycles. The molecule has 0 aliphatic rings. The molecule has 28 heavy (non-hydrogen) atoms. The molecule has 0 aliphatic carbocycles. The van der Waals surface area contributed by atoms with Gasteiger partial charge in [0.15, 0.2) is 0 Å². The van der Waals surface area contributed by atoms with Gasteiger partial charge < -0.3 is 10.6 Å². The molecule has 0 bridgehead atoms. The number of rotatable bonds is 9. The molecule has 0 aliphatic heterocycles. The number of likely N-dealkylation sites (N-methyl/N-ethyl adjacent to an activating group) is 1. The number of hydrogen-bond acceptors (Lipinski definition) is 5. The highest BCUT2D eigenvalue weighted by Gasteiger charge is 2.42. The molecule has 3 atom stereocenters. The zero-order chi connectivity index (χ0) is 21.3. The van der Waals surface area contributed by atoms with E-state index in [1.807, 2.05) is 5.32 Å². The number of carbonyl (C=O) groups excluding carboxylic acids is 3. The van der Waals surface area contributed by atoms with Crippen LogP contribution < -0.4 is 21.4 Å². The van der Waals surface area contributed by atoms with Crippen molar-refractivity contribution in [3.05, 3.63) is 35.9 Å². The largest absolute Gasteiger partial charge is 0.404 e. The fourth-order valence-corrected chi connectivity index (χ4v) is 2.42. The van der Waals surface area contributed by atoms with Gasteiger partial charge in [-0.05, 0) is 12.5 Å². The molecular weight excluding hydrogens is 381 g/mol. The zero-order valence-electron chi connectivity index (χ0n) is 15.3. The lowest BCUT2D eigenvalue weighted by atomic mass is 10.0. The number of alkyl halides is 3. The van der Waals surface area contributed by atoms with Crippen LogP contribution in [0.15, 0.2) is 30.3 Å². The molecule has 1 rings (SSSR count). The lowest BCUT2D eigenvalue weighted by molar-refractivity contribution is -0.165. The Balaban J connectivity index is 2.83. The normalized spacial score (nSPS) is 14.5.